The lowest BCUT2D eigenvalue weighted by Gasteiger charge is -2.14. The highest BCUT2D eigenvalue weighted by molar-refractivity contribution is 9.11. The first kappa shape index (κ1) is 16.1. The molecular weight excluding hydrogens is 448 g/mol. The number of hydrogen-bond acceptors (Lipinski definition) is 1. The molecule has 0 fully saturated rings. The zero-order valence-corrected chi connectivity index (χ0v) is 16.0. The van der Waals surface area contributed by atoms with Crippen LogP contribution in [0.15, 0.2) is 45.3 Å². The molecule has 0 saturated heterocycles. The first-order valence-corrected chi connectivity index (χ1v) is 8.74. The molecule has 0 aliphatic rings. The topological polar surface area (TPSA) is 9.23 Å². The maximum absolute atomic E-state index is 5.27. The molecular formula is C16H15Br3O. The van der Waals surface area contributed by atoms with E-state index in [0.29, 0.717) is 0 Å². The van der Waals surface area contributed by atoms with Gasteiger partial charge in [0.05, 0.1) is 7.11 Å². The van der Waals surface area contributed by atoms with Gasteiger partial charge in [0.2, 0.25) is 0 Å². The van der Waals surface area contributed by atoms with Crippen LogP contribution in [0.5, 0.6) is 5.75 Å². The van der Waals surface area contributed by atoms with Crippen LogP contribution in [-0.4, -0.2) is 7.11 Å². The van der Waals surface area contributed by atoms with Gasteiger partial charge in [0, 0.05) is 13.8 Å². The van der Waals surface area contributed by atoms with E-state index in [0.717, 1.165) is 21.1 Å². The van der Waals surface area contributed by atoms with Crippen LogP contribution in [0.4, 0.5) is 0 Å². The zero-order chi connectivity index (χ0) is 14.7. The number of methoxy groups -OCH3 is 1. The number of ether oxygens (including phenoxy) is 1. The molecule has 2 rings (SSSR count). The van der Waals surface area contributed by atoms with E-state index in [1.165, 1.54) is 16.7 Å². The number of benzene rings is 2. The molecule has 2 aromatic carbocycles. The van der Waals surface area contributed by atoms with Gasteiger partial charge < -0.3 is 4.74 Å². The van der Waals surface area contributed by atoms with Crippen LogP contribution in [0.3, 0.4) is 0 Å². The van der Waals surface area contributed by atoms with Gasteiger partial charge >= 0.3 is 0 Å². The highest BCUT2D eigenvalue weighted by Crippen LogP contribution is 2.36. The third-order valence-electron chi connectivity index (χ3n) is 3.16. The van der Waals surface area contributed by atoms with Gasteiger partial charge in [-0.1, -0.05) is 59.9 Å². The molecule has 0 aliphatic carbocycles. The van der Waals surface area contributed by atoms with E-state index in [9.17, 15) is 0 Å². The molecule has 0 N–H and O–H groups in total. The summed E-state index contributed by atoms with van der Waals surface area (Å²) in [6.07, 6.45) is 0.908. The van der Waals surface area contributed by atoms with Crippen molar-refractivity contribution >= 4 is 47.8 Å². The molecule has 0 amide bonds. The monoisotopic (exact) mass is 460 g/mol. The predicted octanol–water partition coefficient (Wildman–Crippen LogP) is 6.21. The Morgan fingerprint density at radius 1 is 1.10 bits per heavy atom. The van der Waals surface area contributed by atoms with E-state index >= 15 is 0 Å². The number of aryl methyl sites for hydroxylation is 1. The van der Waals surface area contributed by atoms with E-state index in [-0.39, 0.29) is 4.83 Å². The second kappa shape index (κ2) is 7.10. The van der Waals surface area contributed by atoms with Crippen molar-refractivity contribution in [1.29, 1.82) is 0 Å². The highest BCUT2D eigenvalue weighted by Gasteiger charge is 2.14. The van der Waals surface area contributed by atoms with Crippen molar-refractivity contribution in [3.63, 3.8) is 0 Å². The summed E-state index contributed by atoms with van der Waals surface area (Å²) in [5.74, 6) is 0.895. The second-order valence-corrected chi connectivity index (χ2v) is 7.46. The maximum atomic E-state index is 5.27. The third kappa shape index (κ3) is 3.86. The largest absolute Gasteiger partial charge is 0.497 e. The van der Waals surface area contributed by atoms with Crippen molar-refractivity contribution in [2.45, 2.75) is 18.2 Å². The quantitative estimate of drug-likeness (QED) is 0.491. The van der Waals surface area contributed by atoms with Gasteiger partial charge in [-0.15, -0.1) is 0 Å². The van der Waals surface area contributed by atoms with Gasteiger partial charge in [0.1, 0.15) is 5.75 Å². The van der Waals surface area contributed by atoms with Crippen molar-refractivity contribution in [3.05, 3.63) is 62.0 Å². The molecule has 2 aromatic rings. The van der Waals surface area contributed by atoms with Crippen molar-refractivity contribution < 1.29 is 4.74 Å². The standard InChI is InChI=1S/C16H15Br3O/c1-10-6-15(18)13(9-14(10)17)16(19)8-11-4-3-5-12(7-11)20-2/h3-7,9,16H,8H2,1-2H3. The van der Waals surface area contributed by atoms with Crippen molar-refractivity contribution in [1.82, 2.24) is 0 Å². The lowest BCUT2D eigenvalue weighted by molar-refractivity contribution is 0.414. The van der Waals surface area contributed by atoms with E-state index < -0.39 is 0 Å². The first-order chi connectivity index (χ1) is 9.51. The van der Waals surface area contributed by atoms with Crippen molar-refractivity contribution in [2.75, 3.05) is 7.11 Å². The number of rotatable bonds is 4. The Kier molecular flexibility index (Phi) is 5.70. The van der Waals surface area contributed by atoms with Gasteiger partial charge in [0.25, 0.3) is 0 Å². The first-order valence-electron chi connectivity index (χ1n) is 6.24. The summed E-state index contributed by atoms with van der Waals surface area (Å²) in [4.78, 5) is 0.251. The zero-order valence-electron chi connectivity index (χ0n) is 11.3. The molecule has 0 bridgehead atoms. The lowest BCUT2D eigenvalue weighted by Crippen LogP contribution is -1.98. The Hall–Kier alpha value is -0.320. The Balaban J connectivity index is 2.23. The number of halogens is 3. The summed E-state index contributed by atoms with van der Waals surface area (Å²) in [6.45, 7) is 2.09. The van der Waals surface area contributed by atoms with Crippen LogP contribution in [0.2, 0.25) is 0 Å². The molecule has 1 nitrogen and oxygen atoms in total. The Morgan fingerprint density at radius 3 is 2.55 bits per heavy atom. The van der Waals surface area contributed by atoms with Crippen LogP contribution in [0.25, 0.3) is 0 Å². The van der Waals surface area contributed by atoms with Gasteiger partial charge in [-0.3, -0.25) is 0 Å². The Bertz CT molecular complexity index is 611. The number of hydrogen-bond donors (Lipinski definition) is 0. The molecule has 0 spiro atoms. The average Bonchev–Trinajstić information content (AvgIpc) is 2.43. The minimum Gasteiger partial charge on any atom is -0.497 e. The molecule has 0 aliphatic heterocycles. The average molecular weight is 463 g/mol. The molecule has 1 atom stereocenters. The highest BCUT2D eigenvalue weighted by atomic mass is 79.9. The van der Waals surface area contributed by atoms with Crippen LogP contribution in [0, 0.1) is 6.92 Å². The van der Waals surface area contributed by atoms with Crippen LogP contribution in [0.1, 0.15) is 21.5 Å². The fraction of sp³-hybridized carbons (Fsp3) is 0.250. The Morgan fingerprint density at radius 2 is 1.85 bits per heavy atom. The van der Waals surface area contributed by atoms with E-state index in [4.69, 9.17) is 4.74 Å². The molecule has 0 heterocycles. The van der Waals surface area contributed by atoms with E-state index in [1.54, 1.807) is 7.11 Å². The third-order valence-corrected chi connectivity index (χ3v) is 5.52. The lowest BCUT2D eigenvalue weighted by atomic mass is 10.0. The predicted molar refractivity (Wildman–Crippen MR) is 94.9 cm³/mol. The second-order valence-electron chi connectivity index (χ2n) is 4.65. The summed E-state index contributed by atoms with van der Waals surface area (Å²) in [5, 5.41) is 0. The SMILES string of the molecule is COc1cccc(CC(Br)c2cc(Br)c(C)cc2Br)c1. The summed E-state index contributed by atoms with van der Waals surface area (Å²) in [6, 6.07) is 12.5. The van der Waals surface area contributed by atoms with Crippen LogP contribution >= 0.6 is 47.8 Å². The fourth-order valence-electron chi connectivity index (χ4n) is 2.02. The van der Waals surface area contributed by atoms with Gasteiger partial charge in [-0.2, -0.15) is 0 Å². The van der Waals surface area contributed by atoms with Gasteiger partial charge in [-0.05, 0) is 54.3 Å². The summed E-state index contributed by atoms with van der Waals surface area (Å²) < 4.78 is 7.53. The Labute approximate surface area is 145 Å². The smallest absolute Gasteiger partial charge is 0.119 e. The molecule has 0 aromatic heterocycles. The minimum absolute atomic E-state index is 0.251. The van der Waals surface area contributed by atoms with Gasteiger partial charge in [-0.25, -0.2) is 0 Å². The molecule has 1 unspecified atom stereocenters. The molecule has 20 heavy (non-hydrogen) atoms. The number of alkyl halides is 1. The van der Waals surface area contributed by atoms with Crippen LogP contribution in [-0.2, 0) is 6.42 Å². The van der Waals surface area contributed by atoms with Crippen molar-refractivity contribution in [3.8, 4) is 5.75 Å². The van der Waals surface area contributed by atoms with Crippen LogP contribution < -0.4 is 4.74 Å². The molecule has 0 radical (unpaired) electrons. The van der Waals surface area contributed by atoms with Gasteiger partial charge in [0.15, 0.2) is 0 Å². The molecule has 106 valence electrons. The van der Waals surface area contributed by atoms with E-state index in [2.05, 4.69) is 79.0 Å². The minimum atomic E-state index is 0.251. The van der Waals surface area contributed by atoms with E-state index in [1.807, 2.05) is 12.1 Å². The fourth-order valence-corrected chi connectivity index (χ4v) is 4.17. The summed E-state index contributed by atoms with van der Waals surface area (Å²) >= 11 is 11.0. The molecule has 0 saturated carbocycles. The summed E-state index contributed by atoms with van der Waals surface area (Å²) in [5.41, 5.74) is 3.71. The summed E-state index contributed by atoms with van der Waals surface area (Å²) in [7, 11) is 1.69. The normalized spacial score (nSPS) is 12.2. The maximum Gasteiger partial charge on any atom is 0.119 e. The molecule has 4 heteroatoms. The van der Waals surface area contributed by atoms with Crippen molar-refractivity contribution in [2.24, 2.45) is 0 Å².